The monoisotopic (exact) mass is 223 g/mol. The molecule has 0 spiro atoms. The lowest BCUT2D eigenvalue weighted by molar-refractivity contribution is -0.114. The molecule has 15 heavy (non-hydrogen) atoms. The molecule has 1 aromatic heterocycles. The summed E-state index contributed by atoms with van der Waals surface area (Å²) in [5.74, 6) is -0.0772. The van der Waals surface area contributed by atoms with Gasteiger partial charge in [-0.3, -0.25) is 4.79 Å². The van der Waals surface area contributed by atoms with Gasteiger partial charge in [-0.05, 0) is 18.5 Å². The number of hydrogen-bond acceptors (Lipinski definition) is 4. The number of carbonyl (C=O) groups excluding carboxylic acids is 1. The summed E-state index contributed by atoms with van der Waals surface area (Å²) in [4.78, 5) is 15.2. The summed E-state index contributed by atoms with van der Waals surface area (Å²) in [5, 5.41) is 8.62. The summed E-state index contributed by atoms with van der Waals surface area (Å²) in [6, 6.07) is 0. The molecular formula is C10H13N3OS. The molecule has 0 fully saturated rings. The molecule has 2 heterocycles. The van der Waals surface area contributed by atoms with E-state index in [1.54, 1.807) is 0 Å². The van der Waals surface area contributed by atoms with Gasteiger partial charge < -0.3 is 10.6 Å². The van der Waals surface area contributed by atoms with Gasteiger partial charge in [-0.1, -0.05) is 6.08 Å². The fraction of sp³-hybridized carbons (Fsp3) is 0.400. The van der Waals surface area contributed by atoms with Gasteiger partial charge in [0.15, 0.2) is 5.13 Å². The molecule has 0 unspecified atom stereocenters. The van der Waals surface area contributed by atoms with E-state index in [4.69, 9.17) is 0 Å². The lowest BCUT2D eigenvalue weighted by Crippen LogP contribution is -2.21. The molecule has 0 saturated heterocycles. The Hall–Kier alpha value is -1.20. The highest BCUT2D eigenvalue weighted by atomic mass is 32.1. The summed E-state index contributed by atoms with van der Waals surface area (Å²) >= 11 is 1.46. The largest absolute Gasteiger partial charge is 0.312 e. The Morgan fingerprint density at radius 3 is 3.20 bits per heavy atom. The van der Waals surface area contributed by atoms with Gasteiger partial charge in [0.05, 0.1) is 5.69 Å². The van der Waals surface area contributed by atoms with Crippen molar-refractivity contribution in [3.05, 3.63) is 17.2 Å². The molecule has 1 aliphatic rings. The van der Waals surface area contributed by atoms with Crippen molar-refractivity contribution in [2.45, 2.75) is 13.3 Å². The molecule has 0 saturated carbocycles. The zero-order chi connectivity index (χ0) is 10.7. The number of nitrogens with one attached hydrogen (secondary N) is 2. The Bertz CT molecular complexity index is 397. The van der Waals surface area contributed by atoms with Crippen LogP contribution in [0.4, 0.5) is 5.13 Å². The van der Waals surface area contributed by atoms with Crippen molar-refractivity contribution in [1.29, 1.82) is 0 Å². The van der Waals surface area contributed by atoms with E-state index in [-0.39, 0.29) is 5.91 Å². The van der Waals surface area contributed by atoms with Crippen LogP contribution in [0.5, 0.6) is 0 Å². The van der Waals surface area contributed by atoms with Gasteiger partial charge in [0.2, 0.25) is 5.91 Å². The van der Waals surface area contributed by atoms with Crippen LogP contribution in [-0.4, -0.2) is 24.0 Å². The molecule has 0 radical (unpaired) electrons. The quantitative estimate of drug-likeness (QED) is 0.798. The maximum Gasteiger partial charge on any atom is 0.223 e. The molecular weight excluding hydrogens is 210 g/mol. The number of carbonyl (C=O) groups is 1. The highest BCUT2D eigenvalue weighted by Crippen LogP contribution is 2.22. The van der Waals surface area contributed by atoms with Crippen molar-refractivity contribution in [2.24, 2.45) is 0 Å². The first kappa shape index (κ1) is 10.3. The fourth-order valence-electron chi connectivity index (χ4n) is 1.47. The minimum absolute atomic E-state index is 0.0772. The Balaban J connectivity index is 2.12. The lowest BCUT2D eigenvalue weighted by Gasteiger charge is -2.11. The molecule has 80 valence electrons. The Morgan fingerprint density at radius 2 is 2.53 bits per heavy atom. The molecule has 5 heteroatoms. The van der Waals surface area contributed by atoms with Crippen LogP contribution in [0, 0.1) is 0 Å². The first-order chi connectivity index (χ1) is 7.25. The normalized spacial score (nSPS) is 15.9. The second kappa shape index (κ2) is 4.55. The maximum atomic E-state index is 10.8. The smallest absolute Gasteiger partial charge is 0.223 e. The molecule has 2 rings (SSSR count). The highest BCUT2D eigenvalue weighted by Gasteiger charge is 2.09. The van der Waals surface area contributed by atoms with Gasteiger partial charge in [-0.2, -0.15) is 0 Å². The third-order valence-electron chi connectivity index (χ3n) is 2.14. The summed E-state index contributed by atoms with van der Waals surface area (Å²) in [6.07, 6.45) is 3.24. The number of anilines is 1. The second-order valence-corrected chi connectivity index (χ2v) is 4.27. The SMILES string of the molecule is CC(=O)Nc1nc(C2=CCCNC2)cs1. The van der Waals surface area contributed by atoms with Crippen LogP contribution >= 0.6 is 11.3 Å². The van der Waals surface area contributed by atoms with Gasteiger partial charge in [-0.15, -0.1) is 11.3 Å². The van der Waals surface area contributed by atoms with Crippen LogP contribution in [0.2, 0.25) is 0 Å². The Labute approximate surface area is 92.4 Å². The summed E-state index contributed by atoms with van der Waals surface area (Å²) < 4.78 is 0. The average molecular weight is 223 g/mol. The average Bonchev–Trinajstić information content (AvgIpc) is 2.67. The van der Waals surface area contributed by atoms with Crippen LogP contribution in [0.1, 0.15) is 19.0 Å². The van der Waals surface area contributed by atoms with Crippen LogP contribution in [-0.2, 0) is 4.79 Å². The minimum Gasteiger partial charge on any atom is -0.312 e. The number of rotatable bonds is 2. The Morgan fingerprint density at radius 1 is 1.67 bits per heavy atom. The number of nitrogens with zero attached hydrogens (tertiary/aromatic N) is 1. The highest BCUT2D eigenvalue weighted by molar-refractivity contribution is 7.14. The van der Waals surface area contributed by atoms with E-state index in [1.165, 1.54) is 23.8 Å². The van der Waals surface area contributed by atoms with Crippen molar-refractivity contribution in [3.8, 4) is 0 Å². The number of thiazole rings is 1. The van der Waals surface area contributed by atoms with Crippen molar-refractivity contribution < 1.29 is 4.79 Å². The standard InChI is InChI=1S/C10H13N3OS/c1-7(14)12-10-13-9(6-15-10)8-3-2-4-11-5-8/h3,6,11H,2,4-5H2,1H3,(H,12,13,14). The maximum absolute atomic E-state index is 10.8. The van der Waals surface area contributed by atoms with E-state index < -0.39 is 0 Å². The zero-order valence-electron chi connectivity index (χ0n) is 8.54. The Kier molecular flexibility index (Phi) is 3.13. The molecule has 0 atom stereocenters. The molecule has 0 aliphatic carbocycles. The molecule has 1 amide bonds. The first-order valence-corrected chi connectivity index (χ1v) is 5.77. The van der Waals surface area contributed by atoms with E-state index in [0.29, 0.717) is 5.13 Å². The van der Waals surface area contributed by atoms with Crippen molar-refractivity contribution in [3.63, 3.8) is 0 Å². The topological polar surface area (TPSA) is 54.0 Å². The van der Waals surface area contributed by atoms with Crippen LogP contribution in [0.15, 0.2) is 11.5 Å². The van der Waals surface area contributed by atoms with Gasteiger partial charge in [0.1, 0.15) is 0 Å². The number of aromatic nitrogens is 1. The lowest BCUT2D eigenvalue weighted by atomic mass is 10.1. The van der Waals surface area contributed by atoms with Crippen LogP contribution < -0.4 is 10.6 Å². The zero-order valence-corrected chi connectivity index (χ0v) is 9.36. The van der Waals surface area contributed by atoms with Crippen molar-refractivity contribution in [1.82, 2.24) is 10.3 Å². The van der Waals surface area contributed by atoms with E-state index in [9.17, 15) is 4.79 Å². The van der Waals surface area contributed by atoms with Gasteiger partial charge >= 0.3 is 0 Å². The van der Waals surface area contributed by atoms with Crippen LogP contribution in [0.3, 0.4) is 0 Å². The molecule has 2 N–H and O–H groups in total. The van der Waals surface area contributed by atoms with Crippen LogP contribution in [0.25, 0.3) is 5.57 Å². The number of hydrogen-bond donors (Lipinski definition) is 2. The van der Waals surface area contributed by atoms with Gasteiger partial charge in [-0.25, -0.2) is 4.98 Å². The predicted octanol–water partition coefficient (Wildman–Crippen LogP) is 1.48. The number of amides is 1. The molecule has 1 aromatic rings. The van der Waals surface area contributed by atoms with E-state index in [2.05, 4.69) is 21.7 Å². The molecule has 0 aromatic carbocycles. The summed E-state index contributed by atoms with van der Waals surface area (Å²) in [6.45, 7) is 3.39. The van der Waals surface area contributed by atoms with Crippen molar-refractivity contribution in [2.75, 3.05) is 18.4 Å². The summed E-state index contributed by atoms with van der Waals surface area (Å²) in [7, 11) is 0. The molecule has 4 nitrogen and oxygen atoms in total. The molecule has 0 bridgehead atoms. The summed E-state index contributed by atoms with van der Waals surface area (Å²) in [5.41, 5.74) is 2.19. The third-order valence-corrected chi connectivity index (χ3v) is 2.90. The minimum atomic E-state index is -0.0772. The van der Waals surface area contributed by atoms with E-state index in [0.717, 1.165) is 25.2 Å². The second-order valence-electron chi connectivity index (χ2n) is 3.41. The van der Waals surface area contributed by atoms with Gasteiger partial charge in [0, 0.05) is 18.8 Å². The predicted molar refractivity (Wildman–Crippen MR) is 61.9 cm³/mol. The van der Waals surface area contributed by atoms with Gasteiger partial charge in [0.25, 0.3) is 0 Å². The molecule has 1 aliphatic heterocycles. The first-order valence-electron chi connectivity index (χ1n) is 4.89. The van der Waals surface area contributed by atoms with E-state index in [1.807, 2.05) is 5.38 Å². The van der Waals surface area contributed by atoms with Crippen molar-refractivity contribution >= 4 is 27.9 Å². The fourth-order valence-corrected chi connectivity index (χ4v) is 2.25. The third kappa shape index (κ3) is 2.64. The van der Waals surface area contributed by atoms with E-state index >= 15 is 0 Å².